The number of aromatic nitrogens is 1. The van der Waals surface area contributed by atoms with Crippen molar-refractivity contribution in [2.45, 2.75) is 32.6 Å². The molecule has 2 amide bonds. The summed E-state index contributed by atoms with van der Waals surface area (Å²) in [5.41, 5.74) is 2.67. The standard InChI is InChI=1S/C25H30N4O3/c1-17(2)14-26-24(31)19-9-3-4-10-20(19)27-23(30)16-29-13-7-8-18(15-29)25-28-21-11-5-6-12-22(21)32-25/h3-6,9-12,17-18H,7-8,13-16H2,1-2H3,(H,26,31)(H,27,30). The summed E-state index contributed by atoms with van der Waals surface area (Å²) in [7, 11) is 0. The molecule has 1 aromatic heterocycles. The largest absolute Gasteiger partial charge is 0.440 e. The van der Waals surface area contributed by atoms with Crippen molar-refractivity contribution < 1.29 is 14.0 Å². The molecule has 7 heteroatoms. The summed E-state index contributed by atoms with van der Waals surface area (Å²) in [5.74, 6) is 0.950. The van der Waals surface area contributed by atoms with Crippen LogP contribution >= 0.6 is 0 Å². The van der Waals surface area contributed by atoms with Gasteiger partial charge in [0.15, 0.2) is 11.5 Å². The topological polar surface area (TPSA) is 87.5 Å². The molecule has 2 aromatic carbocycles. The number of hydrogen-bond donors (Lipinski definition) is 2. The monoisotopic (exact) mass is 434 g/mol. The highest BCUT2D eigenvalue weighted by molar-refractivity contribution is 6.04. The molecule has 7 nitrogen and oxygen atoms in total. The number of hydrogen-bond acceptors (Lipinski definition) is 5. The lowest BCUT2D eigenvalue weighted by molar-refractivity contribution is -0.117. The van der Waals surface area contributed by atoms with Crippen molar-refractivity contribution in [1.29, 1.82) is 0 Å². The fourth-order valence-electron chi connectivity index (χ4n) is 4.04. The minimum atomic E-state index is -0.177. The Bertz CT molecular complexity index is 1060. The zero-order valence-corrected chi connectivity index (χ0v) is 18.6. The molecule has 0 bridgehead atoms. The first kappa shape index (κ1) is 22.0. The van der Waals surface area contributed by atoms with Gasteiger partial charge in [-0.25, -0.2) is 4.98 Å². The van der Waals surface area contributed by atoms with Crippen molar-refractivity contribution >= 4 is 28.6 Å². The highest BCUT2D eigenvalue weighted by atomic mass is 16.3. The summed E-state index contributed by atoms with van der Waals surface area (Å²) < 4.78 is 5.96. The lowest BCUT2D eigenvalue weighted by Crippen LogP contribution is -2.40. The number of fused-ring (bicyclic) bond motifs is 1. The average molecular weight is 435 g/mol. The molecule has 1 fully saturated rings. The van der Waals surface area contributed by atoms with Crippen LogP contribution in [-0.2, 0) is 4.79 Å². The second-order valence-corrected chi connectivity index (χ2v) is 8.79. The minimum Gasteiger partial charge on any atom is -0.440 e. The van der Waals surface area contributed by atoms with Gasteiger partial charge in [-0.2, -0.15) is 0 Å². The van der Waals surface area contributed by atoms with Crippen LogP contribution < -0.4 is 10.6 Å². The molecule has 32 heavy (non-hydrogen) atoms. The number of para-hydroxylation sites is 3. The molecule has 0 spiro atoms. The SMILES string of the molecule is CC(C)CNC(=O)c1ccccc1NC(=O)CN1CCCC(c2nc3ccccc3o2)C1. The molecule has 2 heterocycles. The highest BCUT2D eigenvalue weighted by Gasteiger charge is 2.26. The third kappa shape index (κ3) is 5.34. The number of likely N-dealkylation sites (tertiary alicyclic amines) is 1. The van der Waals surface area contributed by atoms with Crippen LogP contribution in [0.4, 0.5) is 5.69 Å². The van der Waals surface area contributed by atoms with Crippen LogP contribution in [0.25, 0.3) is 11.1 Å². The number of benzene rings is 2. The molecule has 0 saturated carbocycles. The molecular formula is C25H30N4O3. The summed E-state index contributed by atoms with van der Waals surface area (Å²) in [6, 6.07) is 14.9. The van der Waals surface area contributed by atoms with Gasteiger partial charge in [-0.15, -0.1) is 0 Å². The average Bonchev–Trinajstić information content (AvgIpc) is 3.22. The van der Waals surface area contributed by atoms with Crippen LogP contribution in [0, 0.1) is 5.92 Å². The Morgan fingerprint density at radius 1 is 1.16 bits per heavy atom. The van der Waals surface area contributed by atoms with Crippen LogP contribution in [0.5, 0.6) is 0 Å². The van der Waals surface area contributed by atoms with Crippen molar-refractivity contribution in [2.24, 2.45) is 5.92 Å². The Morgan fingerprint density at radius 3 is 2.75 bits per heavy atom. The van der Waals surface area contributed by atoms with Crippen LogP contribution in [0.1, 0.15) is 48.9 Å². The fraction of sp³-hybridized carbons (Fsp3) is 0.400. The van der Waals surface area contributed by atoms with Gasteiger partial charge in [-0.1, -0.05) is 38.1 Å². The third-order valence-electron chi connectivity index (χ3n) is 5.65. The van der Waals surface area contributed by atoms with Crippen LogP contribution in [0.3, 0.4) is 0 Å². The summed E-state index contributed by atoms with van der Waals surface area (Å²) in [6.07, 6.45) is 1.97. The molecule has 4 rings (SSSR count). The van der Waals surface area contributed by atoms with Gasteiger partial charge >= 0.3 is 0 Å². The van der Waals surface area contributed by atoms with Gasteiger partial charge in [0.05, 0.1) is 17.8 Å². The normalized spacial score (nSPS) is 16.9. The minimum absolute atomic E-state index is 0.132. The Kier molecular flexibility index (Phi) is 6.85. The maximum absolute atomic E-state index is 12.8. The predicted molar refractivity (Wildman–Crippen MR) is 125 cm³/mol. The van der Waals surface area contributed by atoms with E-state index in [1.54, 1.807) is 18.2 Å². The van der Waals surface area contributed by atoms with Gasteiger partial charge in [0, 0.05) is 19.0 Å². The van der Waals surface area contributed by atoms with E-state index < -0.39 is 0 Å². The summed E-state index contributed by atoms with van der Waals surface area (Å²) in [6.45, 7) is 6.50. The van der Waals surface area contributed by atoms with Crippen LogP contribution in [-0.4, -0.2) is 47.9 Å². The number of nitrogens with one attached hydrogen (secondary N) is 2. The van der Waals surface area contributed by atoms with E-state index in [0.717, 1.165) is 42.9 Å². The number of amides is 2. The number of anilines is 1. The van der Waals surface area contributed by atoms with Gasteiger partial charge in [0.1, 0.15) is 5.52 Å². The molecule has 1 aliphatic rings. The van der Waals surface area contributed by atoms with Gasteiger partial charge in [0.2, 0.25) is 5.91 Å². The van der Waals surface area contributed by atoms with E-state index in [1.165, 1.54) is 0 Å². The van der Waals surface area contributed by atoms with E-state index in [4.69, 9.17) is 4.42 Å². The quantitative estimate of drug-likeness (QED) is 0.586. The molecule has 0 aliphatic carbocycles. The Balaban J connectivity index is 1.37. The fourth-order valence-corrected chi connectivity index (χ4v) is 4.04. The van der Waals surface area contributed by atoms with Crippen molar-refractivity contribution in [3.05, 3.63) is 60.0 Å². The first-order valence-electron chi connectivity index (χ1n) is 11.2. The smallest absolute Gasteiger partial charge is 0.253 e. The number of oxazole rings is 1. The second kappa shape index (κ2) is 9.96. The number of nitrogens with zero attached hydrogens (tertiary/aromatic N) is 2. The second-order valence-electron chi connectivity index (χ2n) is 8.79. The van der Waals surface area contributed by atoms with Crippen molar-refractivity contribution in [3.63, 3.8) is 0 Å². The first-order valence-corrected chi connectivity index (χ1v) is 11.2. The number of carbonyl (C=O) groups is 2. The van der Waals surface area contributed by atoms with Gasteiger partial charge < -0.3 is 15.1 Å². The zero-order chi connectivity index (χ0) is 22.5. The van der Waals surface area contributed by atoms with Gasteiger partial charge in [-0.05, 0) is 49.6 Å². The summed E-state index contributed by atoms with van der Waals surface area (Å²) >= 11 is 0. The maximum atomic E-state index is 12.8. The Labute approximate surface area is 188 Å². The molecule has 3 aromatic rings. The molecule has 1 atom stereocenters. The third-order valence-corrected chi connectivity index (χ3v) is 5.65. The number of piperidine rings is 1. The van der Waals surface area contributed by atoms with Crippen LogP contribution in [0.2, 0.25) is 0 Å². The molecule has 1 saturated heterocycles. The molecule has 1 aliphatic heterocycles. The molecule has 0 radical (unpaired) electrons. The van der Waals surface area contributed by atoms with E-state index >= 15 is 0 Å². The van der Waals surface area contributed by atoms with E-state index in [9.17, 15) is 9.59 Å². The Morgan fingerprint density at radius 2 is 1.94 bits per heavy atom. The van der Waals surface area contributed by atoms with E-state index in [2.05, 4.69) is 20.5 Å². The number of rotatable bonds is 7. The van der Waals surface area contributed by atoms with E-state index in [-0.39, 0.29) is 24.3 Å². The lowest BCUT2D eigenvalue weighted by atomic mass is 9.98. The predicted octanol–water partition coefficient (Wildman–Crippen LogP) is 4.03. The molecule has 1 unspecified atom stereocenters. The summed E-state index contributed by atoms with van der Waals surface area (Å²) in [4.78, 5) is 32.1. The van der Waals surface area contributed by atoms with Gasteiger partial charge in [0.25, 0.3) is 5.91 Å². The maximum Gasteiger partial charge on any atom is 0.253 e. The molecule has 2 N–H and O–H groups in total. The van der Waals surface area contributed by atoms with E-state index in [1.807, 2.05) is 44.2 Å². The van der Waals surface area contributed by atoms with Crippen LogP contribution in [0.15, 0.2) is 52.9 Å². The van der Waals surface area contributed by atoms with E-state index in [0.29, 0.717) is 23.7 Å². The molecular weight excluding hydrogens is 404 g/mol. The number of carbonyl (C=O) groups excluding carboxylic acids is 2. The molecule has 168 valence electrons. The van der Waals surface area contributed by atoms with Crippen molar-refractivity contribution in [1.82, 2.24) is 15.2 Å². The lowest BCUT2D eigenvalue weighted by Gasteiger charge is -2.30. The van der Waals surface area contributed by atoms with Crippen molar-refractivity contribution in [3.8, 4) is 0 Å². The summed E-state index contributed by atoms with van der Waals surface area (Å²) in [5, 5.41) is 5.83. The highest BCUT2D eigenvalue weighted by Crippen LogP contribution is 2.29. The van der Waals surface area contributed by atoms with Crippen molar-refractivity contribution in [2.75, 3.05) is 31.5 Å². The van der Waals surface area contributed by atoms with Gasteiger partial charge in [-0.3, -0.25) is 14.5 Å². The Hall–Kier alpha value is -3.19. The first-order chi connectivity index (χ1) is 15.5. The zero-order valence-electron chi connectivity index (χ0n) is 18.6.